The minimum atomic E-state index is 0.255. The van der Waals surface area contributed by atoms with Crippen LogP contribution in [0, 0.1) is 0 Å². The first-order valence-electron chi connectivity index (χ1n) is 3.84. The van der Waals surface area contributed by atoms with Gasteiger partial charge < -0.3 is 4.79 Å². The lowest BCUT2D eigenvalue weighted by molar-refractivity contribution is -0.116. The number of Topliss-reactive ketones (excluding diaryl/α,β-unsaturated/α-hetero) is 1. The fourth-order valence-corrected chi connectivity index (χ4v) is 1.53. The average Bonchev–Trinajstić information content (AvgIpc) is 2.43. The zero-order valence-corrected chi connectivity index (χ0v) is 7.67. The molecule has 1 rings (SSSR count). The van der Waals surface area contributed by atoms with Gasteiger partial charge in [0, 0.05) is 6.42 Å². The maximum absolute atomic E-state index is 9.81. The molecule has 0 unspecified atom stereocenters. The van der Waals surface area contributed by atoms with Crippen molar-refractivity contribution in [1.82, 2.24) is 0 Å². The Morgan fingerprint density at radius 3 is 1.90 bits per heavy atom. The summed E-state index contributed by atoms with van der Waals surface area (Å²) in [4.78, 5) is 9.81. The van der Waals surface area contributed by atoms with Crippen LogP contribution in [0.1, 0.15) is 33.1 Å². The van der Waals surface area contributed by atoms with E-state index in [4.69, 9.17) is 0 Å². The van der Waals surface area contributed by atoms with Crippen molar-refractivity contribution in [2.45, 2.75) is 33.1 Å². The van der Waals surface area contributed by atoms with Gasteiger partial charge in [0.2, 0.25) is 0 Å². The topological polar surface area (TPSA) is 17.1 Å². The minimum Gasteiger partial charge on any atom is -0.300 e. The Morgan fingerprint density at radius 1 is 1.40 bits per heavy atom. The summed E-state index contributed by atoms with van der Waals surface area (Å²) >= 11 is 2.07. The predicted octanol–water partition coefficient (Wildman–Crippen LogP) is 2.50. The number of hydrogen-bond acceptors (Lipinski definition) is 2. The molecule has 1 nitrogen and oxygen atoms in total. The predicted molar refractivity (Wildman–Crippen MR) is 47.5 cm³/mol. The van der Waals surface area contributed by atoms with Crippen molar-refractivity contribution in [2.24, 2.45) is 0 Å². The third-order valence-corrected chi connectivity index (χ3v) is 2.48. The Kier molecular flexibility index (Phi) is 7.15. The minimum absolute atomic E-state index is 0.255. The molecule has 0 amide bonds. The van der Waals surface area contributed by atoms with Crippen LogP contribution in [-0.2, 0) is 4.79 Å². The van der Waals surface area contributed by atoms with Crippen LogP contribution in [0.5, 0.6) is 0 Å². The number of carbonyl (C=O) groups excluding carboxylic acids is 1. The Bertz CT molecular complexity index is 79.6. The highest BCUT2D eigenvalue weighted by Gasteiger charge is 1.95. The molecule has 0 spiro atoms. The van der Waals surface area contributed by atoms with Gasteiger partial charge in [-0.2, -0.15) is 11.8 Å². The van der Waals surface area contributed by atoms with Crippen molar-refractivity contribution in [3.63, 3.8) is 0 Å². The first kappa shape index (κ1) is 10.0. The van der Waals surface area contributed by atoms with Crippen molar-refractivity contribution in [3.8, 4) is 0 Å². The van der Waals surface area contributed by atoms with E-state index in [1.54, 1.807) is 6.92 Å². The molecule has 1 aliphatic rings. The summed E-state index contributed by atoms with van der Waals surface area (Å²) in [6.45, 7) is 3.43. The van der Waals surface area contributed by atoms with Gasteiger partial charge in [-0.05, 0) is 31.3 Å². The van der Waals surface area contributed by atoms with Gasteiger partial charge in [0.15, 0.2) is 0 Å². The second kappa shape index (κ2) is 7.13. The van der Waals surface area contributed by atoms with Gasteiger partial charge in [-0.1, -0.05) is 6.92 Å². The van der Waals surface area contributed by atoms with Crippen LogP contribution in [-0.4, -0.2) is 17.3 Å². The van der Waals surface area contributed by atoms with Crippen molar-refractivity contribution < 1.29 is 4.79 Å². The summed E-state index contributed by atoms with van der Waals surface area (Å²) < 4.78 is 0. The van der Waals surface area contributed by atoms with Gasteiger partial charge in [0.25, 0.3) is 0 Å². The van der Waals surface area contributed by atoms with Crippen molar-refractivity contribution in [3.05, 3.63) is 0 Å². The highest BCUT2D eigenvalue weighted by Crippen LogP contribution is 2.14. The zero-order chi connectivity index (χ0) is 7.82. The molecule has 60 valence electrons. The monoisotopic (exact) mass is 160 g/mol. The first-order valence-corrected chi connectivity index (χ1v) is 5.00. The molecule has 0 saturated carbocycles. The van der Waals surface area contributed by atoms with E-state index in [9.17, 15) is 4.79 Å². The van der Waals surface area contributed by atoms with E-state index in [1.807, 2.05) is 6.92 Å². The maximum atomic E-state index is 9.81. The molecule has 2 heteroatoms. The van der Waals surface area contributed by atoms with E-state index in [0.717, 1.165) is 0 Å². The molecule has 0 atom stereocenters. The molecule has 1 saturated heterocycles. The first-order chi connectivity index (χ1) is 4.77. The van der Waals surface area contributed by atoms with E-state index in [1.165, 1.54) is 24.3 Å². The molecule has 0 bridgehead atoms. The van der Waals surface area contributed by atoms with Crippen molar-refractivity contribution in [2.75, 3.05) is 11.5 Å². The summed E-state index contributed by atoms with van der Waals surface area (Å²) in [5.74, 6) is 3.09. The highest BCUT2D eigenvalue weighted by molar-refractivity contribution is 7.99. The third kappa shape index (κ3) is 8.02. The molecule has 1 aliphatic heterocycles. The molecule has 1 fully saturated rings. The van der Waals surface area contributed by atoms with Crippen LogP contribution in [0.15, 0.2) is 0 Å². The Balaban J connectivity index is 0.000000162. The molecule has 0 aromatic heterocycles. The van der Waals surface area contributed by atoms with Crippen LogP contribution in [0.2, 0.25) is 0 Å². The van der Waals surface area contributed by atoms with Crippen LogP contribution in [0.4, 0.5) is 0 Å². The van der Waals surface area contributed by atoms with Crippen LogP contribution >= 0.6 is 11.8 Å². The molecular formula is C8H16OS. The number of hydrogen-bond donors (Lipinski definition) is 0. The SMILES string of the molecule is C1CCSC1.CCC(C)=O. The summed E-state index contributed by atoms with van der Waals surface area (Å²) in [5.41, 5.74) is 0. The van der Waals surface area contributed by atoms with E-state index in [0.29, 0.717) is 6.42 Å². The quantitative estimate of drug-likeness (QED) is 0.586. The van der Waals surface area contributed by atoms with Crippen LogP contribution < -0.4 is 0 Å². The van der Waals surface area contributed by atoms with Crippen LogP contribution in [0.3, 0.4) is 0 Å². The Morgan fingerprint density at radius 2 is 1.80 bits per heavy atom. The van der Waals surface area contributed by atoms with E-state index >= 15 is 0 Å². The normalized spacial score (nSPS) is 15.8. The molecule has 0 aliphatic carbocycles. The fraction of sp³-hybridized carbons (Fsp3) is 0.875. The number of ketones is 1. The average molecular weight is 160 g/mol. The molecule has 0 N–H and O–H groups in total. The summed E-state index contributed by atoms with van der Waals surface area (Å²) in [6.07, 6.45) is 3.59. The largest absolute Gasteiger partial charge is 0.300 e. The van der Waals surface area contributed by atoms with Gasteiger partial charge in [-0.3, -0.25) is 0 Å². The molecule has 1 heterocycles. The molecular weight excluding hydrogens is 144 g/mol. The number of thioether (sulfide) groups is 1. The highest BCUT2D eigenvalue weighted by atomic mass is 32.2. The fourth-order valence-electron chi connectivity index (χ4n) is 0.510. The lowest BCUT2D eigenvalue weighted by Crippen LogP contribution is -1.80. The maximum Gasteiger partial charge on any atom is 0.129 e. The second-order valence-corrected chi connectivity index (χ2v) is 3.60. The van der Waals surface area contributed by atoms with Crippen molar-refractivity contribution >= 4 is 17.5 Å². The summed E-state index contributed by atoms with van der Waals surface area (Å²) in [5, 5.41) is 0. The lowest BCUT2D eigenvalue weighted by Gasteiger charge is -1.71. The van der Waals surface area contributed by atoms with Gasteiger partial charge in [0.05, 0.1) is 0 Å². The van der Waals surface area contributed by atoms with E-state index in [2.05, 4.69) is 11.8 Å². The van der Waals surface area contributed by atoms with Gasteiger partial charge in [0.1, 0.15) is 5.78 Å². The Labute approximate surface area is 67.6 Å². The van der Waals surface area contributed by atoms with Gasteiger partial charge in [-0.25, -0.2) is 0 Å². The smallest absolute Gasteiger partial charge is 0.129 e. The van der Waals surface area contributed by atoms with Crippen molar-refractivity contribution in [1.29, 1.82) is 0 Å². The van der Waals surface area contributed by atoms with E-state index < -0.39 is 0 Å². The standard InChI is InChI=1S/C4H8O.C4H8S/c1-3-4(2)5;1-2-4-5-3-1/h3H2,1-2H3;1-4H2. The Hall–Kier alpha value is 0.0200. The lowest BCUT2D eigenvalue weighted by atomic mass is 10.4. The second-order valence-electron chi connectivity index (χ2n) is 2.38. The molecule has 10 heavy (non-hydrogen) atoms. The van der Waals surface area contributed by atoms with E-state index in [-0.39, 0.29) is 5.78 Å². The molecule has 0 aromatic rings. The zero-order valence-electron chi connectivity index (χ0n) is 6.85. The van der Waals surface area contributed by atoms with Gasteiger partial charge in [-0.15, -0.1) is 0 Å². The van der Waals surface area contributed by atoms with Gasteiger partial charge >= 0.3 is 0 Å². The van der Waals surface area contributed by atoms with Crippen LogP contribution in [0.25, 0.3) is 0 Å². The third-order valence-electron chi connectivity index (χ3n) is 1.33. The number of carbonyl (C=O) groups is 1. The molecule has 0 radical (unpaired) electrons. The summed E-state index contributed by atoms with van der Waals surface area (Å²) in [6, 6.07) is 0. The summed E-state index contributed by atoms with van der Waals surface area (Å²) in [7, 11) is 0. The molecule has 0 aromatic carbocycles. The number of rotatable bonds is 1.